The molecule has 38 heavy (non-hydrogen) atoms. The lowest BCUT2D eigenvalue weighted by atomic mass is 10.2. The van der Waals surface area contributed by atoms with Crippen LogP contribution in [0.2, 0.25) is 5.02 Å². The molecular weight excluding hydrogens is 594 g/mol. The lowest BCUT2D eigenvalue weighted by molar-refractivity contribution is -0.119. The van der Waals surface area contributed by atoms with Crippen molar-refractivity contribution in [2.24, 2.45) is 5.10 Å². The zero-order chi connectivity index (χ0) is 27.9. The van der Waals surface area contributed by atoms with Gasteiger partial charge in [0, 0.05) is 5.02 Å². The Morgan fingerprint density at radius 2 is 1.87 bits per heavy atom. The third-order valence-electron chi connectivity index (χ3n) is 5.34. The van der Waals surface area contributed by atoms with Gasteiger partial charge in [0.05, 0.1) is 28.4 Å². The smallest absolute Gasteiger partial charge is 0.264 e. The number of aryl methyl sites for hydroxylation is 2. The number of carbonyl (C=O) groups is 1. The van der Waals surface area contributed by atoms with Crippen molar-refractivity contribution in [2.45, 2.75) is 18.7 Å². The maximum Gasteiger partial charge on any atom is 0.264 e. The van der Waals surface area contributed by atoms with Gasteiger partial charge in [-0.3, -0.25) is 9.10 Å². The Kier molecular flexibility index (Phi) is 9.96. The van der Waals surface area contributed by atoms with Gasteiger partial charge in [-0.1, -0.05) is 48.0 Å². The predicted octanol–water partition coefficient (Wildman–Crippen LogP) is 5.64. The maximum absolute atomic E-state index is 13.5. The molecule has 0 heterocycles. The van der Waals surface area contributed by atoms with Crippen LogP contribution in [0.5, 0.6) is 11.5 Å². The first-order chi connectivity index (χ1) is 18.1. The van der Waals surface area contributed by atoms with Crippen LogP contribution in [0, 0.1) is 13.8 Å². The quantitative estimate of drug-likeness (QED) is 0.170. The number of ether oxygens (including phenoxy) is 2. The highest BCUT2D eigenvalue weighted by Gasteiger charge is 2.27. The van der Waals surface area contributed by atoms with Crippen LogP contribution in [0.25, 0.3) is 0 Å². The lowest BCUT2D eigenvalue weighted by Gasteiger charge is -2.24. The Labute approximate surface area is 236 Å². The number of hydrazone groups is 1. The van der Waals surface area contributed by atoms with Crippen LogP contribution in [-0.4, -0.2) is 40.8 Å². The summed E-state index contributed by atoms with van der Waals surface area (Å²) in [5, 5.41) is 4.37. The molecule has 1 N–H and O–H groups in total. The van der Waals surface area contributed by atoms with E-state index in [0.29, 0.717) is 33.2 Å². The molecule has 0 aliphatic rings. The van der Waals surface area contributed by atoms with Crippen LogP contribution >= 0.6 is 27.5 Å². The molecule has 0 atom stereocenters. The topological polar surface area (TPSA) is 97.3 Å². The first-order valence-electron chi connectivity index (χ1n) is 11.4. The Morgan fingerprint density at radius 1 is 1.16 bits per heavy atom. The molecule has 1 amide bonds. The van der Waals surface area contributed by atoms with Gasteiger partial charge in [-0.15, -0.1) is 0 Å². The molecule has 0 spiro atoms. The van der Waals surface area contributed by atoms with Crippen molar-refractivity contribution in [1.29, 1.82) is 0 Å². The van der Waals surface area contributed by atoms with Crippen molar-refractivity contribution in [3.63, 3.8) is 0 Å². The number of amides is 1. The van der Waals surface area contributed by atoms with E-state index in [1.807, 2.05) is 6.92 Å². The SMILES string of the molecule is C=CCOc1c(Br)cc(/C=N\NC(=O)CN(c2ccc(C)c(Cl)c2)S(=O)(=O)c2ccc(C)cc2)cc1OC. The number of rotatable bonds is 11. The molecule has 0 aliphatic heterocycles. The first-order valence-corrected chi connectivity index (χ1v) is 14.0. The fourth-order valence-electron chi connectivity index (χ4n) is 3.33. The number of methoxy groups -OCH3 is 1. The number of hydrogen-bond acceptors (Lipinski definition) is 6. The Morgan fingerprint density at radius 3 is 2.50 bits per heavy atom. The van der Waals surface area contributed by atoms with Crippen LogP contribution < -0.4 is 19.2 Å². The molecular formula is C27H27BrClN3O5S. The molecule has 11 heteroatoms. The van der Waals surface area contributed by atoms with Gasteiger partial charge in [0.1, 0.15) is 13.2 Å². The minimum absolute atomic E-state index is 0.0480. The van der Waals surface area contributed by atoms with E-state index in [1.54, 1.807) is 49.4 Å². The largest absolute Gasteiger partial charge is 0.493 e. The van der Waals surface area contributed by atoms with Crippen molar-refractivity contribution in [3.8, 4) is 11.5 Å². The third kappa shape index (κ3) is 7.15. The molecule has 0 unspecified atom stereocenters. The Hall–Kier alpha value is -3.34. The summed E-state index contributed by atoms with van der Waals surface area (Å²) in [5.41, 5.74) is 4.93. The number of nitrogens with zero attached hydrogens (tertiary/aromatic N) is 2. The van der Waals surface area contributed by atoms with Crippen molar-refractivity contribution >= 4 is 55.4 Å². The van der Waals surface area contributed by atoms with Gasteiger partial charge >= 0.3 is 0 Å². The van der Waals surface area contributed by atoms with E-state index < -0.39 is 22.5 Å². The van der Waals surface area contributed by atoms with E-state index in [4.69, 9.17) is 21.1 Å². The predicted molar refractivity (Wildman–Crippen MR) is 154 cm³/mol. The average molecular weight is 621 g/mol. The van der Waals surface area contributed by atoms with Gasteiger partial charge in [-0.2, -0.15) is 5.10 Å². The summed E-state index contributed by atoms with van der Waals surface area (Å²) < 4.78 is 39.6. The van der Waals surface area contributed by atoms with Crippen LogP contribution in [0.1, 0.15) is 16.7 Å². The summed E-state index contributed by atoms with van der Waals surface area (Å²) in [6.07, 6.45) is 3.02. The summed E-state index contributed by atoms with van der Waals surface area (Å²) in [7, 11) is -2.58. The summed E-state index contributed by atoms with van der Waals surface area (Å²) in [6.45, 7) is 7.07. The highest BCUT2D eigenvalue weighted by Crippen LogP contribution is 2.36. The first kappa shape index (κ1) is 29.2. The molecule has 0 fully saturated rings. The van der Waals surface area contributed by atoms with Gasteiger partial charge in [0.25, 0.3) is 15.9 Å². The Balaban J connectivity index is 1.84. The minimum Gasteiger partial charge on any atom is -0.493 e. The zero-order valence-corrected chi connectivity index (χ0v) is 24.2. The molecule has 200 valence electrons. The van der Waals surface area contributed by atoms with Crippen LogP contribution in [0.15, 0.2) is 81.7 Å². The van der Waals surface area contributed by atoms with E-state index in [0.717, 1.165) is 15.4 Å². The molecule has 3 rings (SSSR count). The molecule has 0 aromatic heterocycles. The van der Waals surface area contributed by atoms with Gasteiger partial charge in [0.15, 0.2) is 11.5 Å². The average Bonchev–Trinajstić information content (AvgIpc) is 2.88. The number of carbonyl (C=O) groups excluding carboxylic acids is 1. The maximum atomic E-state index is 13.5. The van der Waals surface area contributed by atoms with Crippen molar-refractivity contribution < 1.29 is 22.7 Å². The molecule has 0 saturated heterocycles. The van der Waals surface area contributed by atoms with Crippen LogP contribution in [0.3, 0.4) is 0 Å². The summed E-state index contributed by atoms with van der Waals surface area (Å²) >= 11 is 9.70. The molecule has 3 aromatic carbocycles. The van der Waals surface area contributed by atoms with Gasteiger partial charge < -0.3 is 9.47 Å². The van der Waals surface area contributed by atoms with Crippen LogP contribution in [0.4, 0.5) is 5.69 Å². The summed E-state index contributed by atoms with van der Waals surface area (Å²) in [4.78, 5) is 12.9. The van der Waals surface area contributed by atoms with Gasteiger partial charge in [-0.25, -0.2) is 13.8 Å². The van der Waals surface area contributed by atoms with Gasteiger partial charge in [-0.05, 0) is 77.3 Å². The Bertz CT molecular complexity index is 1460. The summed E-state index contributed by atoms with van der Waals surface area (Å²) in [6, 6.07) is 14.6. The lowest BCUT2D eigenvalue weighted by Crippen LogP contribution is -2.39. The third-order valence-corrected chi connectivity index (χ3v) is 8.12. The molecule has 0 bridgehead atoms. The standard InChI is InChI=1S/C27H27BrClN3O5S/c1-5-12-37-27-23(28)13-20(14-25(27)36-4)16-30-31-26(33)17-32(21-9-8-19(3)24(29)15-21)38(34,35)22-10-6-18(2)7-11-22/h5-11,13-16H,1,12,17H2,2-4H3,(H,31,33)/b30-16-. The fraction of sp³-hybridized carbons (Fsp3) is 0.185. The number of nitrogens with one attached hydrogen (secondary N) is 1. The van der Waals surface area contributed by atoms with Crippen molar-refractivity contribution in [1.82, 2.24) is 5.43 Å². The highest BCUT2D eigenvalue weighted by molar-refractivity contribution is 9.10. The molecule has 3 aromatic rings. The van der Waals surface area contributed by atoms with E-state index in [9.17, 15) is 13.2 Å². The van der Waals surface area contributed by atoms with E-state index in [1.165, 1.54) is 31.5 Å². The molecule has 0 aliphatic carbocycles. The molecule has 0 saturated carbocycles. The molecule has 8 nitrogen and oxygen atoms in total. The van der Waals surface area contributed by atoms with E-state index >= 15 is 0 Å². The monoisotopic (exact) mass is 619 g/mol. The number of benzene rings is 3. The summed E-state index contributed by atoms with van der Waals surface area (Å²) in [5.74, 6) is 0.313. The van der Waals surface area contributed by atoms with Crippen LogP contribution in [-0.2, 0) is 14.8 Å². The number of hydrogen-bond donors (Lipinski definition) is 1. The number of sulfonamides is 1. The second-order valence-electron chi connectivity index (χ2n) is 8.19. The normalized spacial score (nSPS) is 11.3. The van der Waals surface area contributed by atoms with Crippen molar-refractivity contribution in [2.75, 3.05) is 24.6 Å². The molecule has 0 radical (unpaired) electrons. The number of anilines is 1. The highest BCUT2D eigenvalue weighted by atomic mass is 79.9. The second kappa shape index (κ2) is 12.9. The van der Waals surface area contributed by atoms with E-state index in [-0.39, 0.29) is 10.6 Å². The van der Waals surface area contributed by atoms with Gasteiger partial charge in [0.2, 0.25) is 0 Å². The fourth-order valence-corrected chi connectivity index (χ4v) is 5.49. The second-order valence-corrected chi connectivity index (χ2v) is 11.3. The number of halogens is 2. The van der Waals surface area contributed by atoms with Crippen molar-refractivity contribution in [3.05, 3.63) is 93.4 Å². The minimum atomic E-state index is -4.08. The van der Waals surface area contributed by atoms with E-state index in [2.05, 4.69) is 33.0 Å². The zero-order valence-electron chi connectivity index (χ0n) is 21.1.